The zero-order valence-electron chi connectivity index (χ0n) is 14.2. The topological polar surface area (TPSA) is 73.8 Å². The van der Waals surface area contributed by atoms with Gasteiger partial charge in [-0.3, -0.25) is 5.32 Å². The minimum atomic E-state index is -0.546. The highest BCUT2D eigenvalue weighted by atomic mass is 16.6. The Labute approximate surface area is 137 Å². The first-order valence-corrected chi connectivity index (χ1v) is 8.08. The van der Waals surface area contributed by atoms with Gasteiger partial charge in [0, 0.05) is 44.5 Å². The number of piperazine rings is 1. The van der Waals surface area contributed by atoms with Gasteiger partial charge in [0.1, 0.15) is 11.4 Å². The molecule has 1 fully saturated rings. The number of amides is 1. The molecule has 0 spiro atoms. The van der Waals surface area contributed by atoms with Crippen LogP contribution in [0.5, 0.6) is 5.75 Å². The lowest BCUT2D eigenvalue weighted by Crippen LogP contribution is -2.44. The molecule has 0 aromatic heterocycles. The van der Waals surface area contributed by atoms with E-state index in [0.29, 0.717) is 5.69 Å². The van der Waals surface area contributed by atoms with Crippen LogP contribution < -0.4 is 10.6 Å². The molecule has 0 radical (unpaired) electrons. The summed E-state index contributed by atoms with van der Waals surface area (Å²) in [6.07, 6.45) is 0.268. The van der Waals surface area contributed by atoms with Crippen molar-refractivity contribution in [2.45, 2.75) is 32.8 Å². The molecule has 1 saturated heterocycles. The van der Waals surface area contributed by atoms with E-state index in [1.54, 1.807) is 12.1 Å². The molecular weight excluding hydrogens is 294 g/mol. The van der Waals surface area contributed by atoms with Crippen molar-refractivity contribution in [1.82, 2.24) is 10.2 Å². The first-order valence-electron chi connectivity index (χ1n) is 8.08. The number of rotatable bonds is 4. The number of aromatic hydroxyl groups is 1. The molecule has 0 saturated carbocycles. The molecule has 1 aromatic rings. The van der Waals surface area contributed by atoms with E-state index in [1.807, 2.05) is 26.8 Å². The number of ether oxygens (including phenoxy) is 1. The first-order chi connectivity index (χ1) is 10.8. The molecular formula is C17H27N3O3. The van der Waals surface area contributed by atoms with E-state index in [9.17, 15) is 9.90 Å². The number of hydrogen-bond donors (Lipinski definition) is 3. The van der Waals surface area contributed by atoms with Gasteiger partial charge in [0.25, 0.3) is 0 Å². The summed E-state index contributed by atoms with van der Waals surface area (Å²) in [5.41, 5.74) is 0.871. The number of nitrogens with one attached hydrogen (secondary N) is 2. The second kappa shape index (κ2) is 7.66. The highest BCUT2D eigenvalue weighted by Crippen LogP contribution is 2.23. The largest absolute Gasteiger partial charge is 0.508 e. The predicted octanol–water partition coefficient (Wildman–Crippen LogP) is 2.19. The standard InChI is InChI=1S/C17H27N3O3/c1-17(2,3)23-16(22)19-14-5-4-13(15(21)12-14)6-9-20-10-7-18-8-11-20/h4-5,12,18,21H,6-11H2,1-3H3,(H,19,22). The van der Waals surface area contributed by atoms with E-state index in [4.69, 9.17) is 4.74 Å². The van der Waals surface area contributed by atoms with Gasteiger partial charge in [-0.05, 0) is 38.8 Å². The van der Waals surface area contributed by atoms with Crippen LogP contribution in [-0.2, 0) is 11.2 Å². The van der Waals surface area contributed by atoms with Crippen LogP contribution in [0.4, 0.5) is 10.5 Å². The lowest BCUT2D eigenvalue weighted by molar-refractivity contribution is 0.0636. The number of phenols is 1. The van der Waals surface area contributed by atoms with E-state index in [0.717, 1.165) is 44.7 Å². The average Bonchev–Trinajstić information content (AvgIpc) is 2.45. The monoisotopic (exact) mass is 321 g/mol. The Bertz CT molecular complexity index is 534. The summed E-state index contributed by atoms with van der Waals surface area (Å²) in [5.74, 6) is 0.202. The third kappa shape index (κ3) is 6.08. The van der Waals surface area contributed by atoms with Crippen molar-refractivity contribution < 1.29 is 14.6 Å². The van der Waals surface area contributed by atoms with Gasteiger partial charge in [0.05, 0.1) is 0 Å². The molecule has 1 aliphatic heterocycles. The molecule has 0 aliphatic carbocycles. The number of nitrogens with zero attached hydrogens (tertiary/aromatic N) is 1. The molecule has 23 heavy (non-hydrogen) atoms. The van der Waals surface area contributed by atoms with Crippen molar-refractivity contribution in [3.05, 3.63) is 23.8 Å². The van der Waals surface area contributed by atoms with Crippen LogP contribution in [0.3, 0.4) is 0 Å². The quantitative estimate of drug-likeness (QED) is 0.793. The van der Waals surface area contributed by atoms with Gasteiger partial charge >= 0.3 is 6.09 Å². The molecule has 1 aromatic carbocycles. The zero-order valence-corrected chi connectivity index (χ0v) is 14.2. The Balaban J connectivity index is 1.88. The van der Waals surface area contributed by atoms with Crippen molar-refractivity contribution in [2.24, 2.45) is 0 Å². The first kappa shape index (κ1) is 17.6. The van der Waals surface area contributed by atoms with E-state index >= 15 is 0 Å². The van der Waals surface area contributed by atoms with Crippen LogP contribution in [0.25, 0.3) is 0 Å². The third-order valence-electron chi connectivity index (χ3n) is 3.64. The number of hydrogen-bond acceptors (Lipinski definition) is 5. The van der Waals surface area contributed by atoms with Crippen molar-refractivity contribution in [2.75, 3.05) is 38.0 Å². The second-order valence-corrected chi connectivity index (χ2v) is 6.81. The second-order valence-electron chi connectivity index (χ2n) is 6.81. The molecule has 6 nitrogen and oxygen atoms in total. The average molecular weight is 321 g/mol. The fraction of sp³-hybridized carbons (Fsp3) is 0.588. The third-order valence-corrected chi connectivity index (χ3v) is 3.64. The van der Waals surface area contributed by atoms with Crippen molar-refractivity contribution in [3.63, 3.8) is 0 Å². The molecule has 6 heteroatoms. The van der Waals surface area contributed by atoms with Crippen LogP contribution in [0.2, 0.25) is 0 Å². The summed E-state index contributed by atoms with van der Waals surface area (Å²) in [4.78, 5) is 14.1. The Morgan fingerprint density at radius 2 is 2.04 bits per heavy atom. The molecule has 0 atom stereocenters. The fourth-order valence-electron chi connectivity index (χ4n) is 2.49. The number of carbonyl (C=O) groups excluding carboxylic acids is 1. The smallest absolute Gasteiger partial charge is 0.412 e. The van der Waals surface area contributed by atoms with Gasteiger partial charge in [-0.1, -0.05) is 6.07 Å². The summed E-state index contributed by atoms with van der Waals surface area (Å²) >= 11 is 0. The zero-order chi connectivity index (χ0) is 16.9. The van der Waals surface area contributed by atoms with E-state index in [2.05, 4.69) is 15.5 Å². The van der Waals surface area contributed by atoms with Crippen molar-refractivity contribution in [1.29, 1.82) is 0 Å². The Morgan fingerprint density at radius 3 is 2.65 bits per heavy atom. The summed E-state index contributed by atoms with van der Waals surface area (Å²) < 4.78 is 5.19. The number of phenolic OH excluding ortho intramolecular Hbond substituents is 1. The Hall–Kier alpha value is -1.79. The lowest BCUT2D eigenvalue weighted by atomic mass is 10.1. The minimum Gasteiger partial charge on any atom is -0.508 e. The number of anilines is 1. The predicted molar refractivity (Wildman–Crippen MR) is 91.0 cm³/mol. The van der Waals surface area contributed by atoms with E-state index in [1.165, 1.54) is 0 Å². The van der Waals surface area contributed by atoms with Crippen LogP contribution in [-0.4, -0.2) is 54.4 Å². The van der Waals surface area contributed by atoms with Crippen LogP contribution in [0.15, 0.2) is 18.2 Å². The maximum atomic E-state index is 11.7. The maximum absolute atomic E-state index is 11.7. The summed E-state index contributed by atoms with van der Waals surface area (Å²) in [7, 11) is 0. The van der Waals surface area contributed by atoms with E-state index < -0.39 is 11.7 Å². The van der Waals surface area contributed by atoms with Gasteiger partial charge in [-0.2, -0.15) is 0 Å². The maximum Gasteiger partial charge on any atom is 0.412 e. The Kier molecular flexibility index (Phi) is 5.85. The number of benzene rings is 1. The SMILES string of the molecule is CC(C)(C)OC(=O)Nc1ccc(CCN2CCNCC2)c(O)c1. The van der Waals surface area contributed by atoms with Gasteiger partial charge in [0.2, 0.25) is 0 Å². The highest BCUT2D eigenvalue weighted by Gasteiger charge is 2.16. The minimum absolute atomic E-state index is 0.202. The van der Waals surface area contributed by atoms with Crippen LogP contribution >= 0.6 is 0 Å². The summed E-state index contributed by atoms with van der Waals surface area (Å²) in [5, 5.41) is 16.1. The van der Waals surface area contributed by atoms with Crippen molar-refractivity contribution >= 4 is 11.8 Å². The highest BCUT2D eigenvalue weighted by molar-refractivity contribution is 5.85. The fourth-order valence-corrected chi connectivity index (χ4v) is 2.49. The lowest BCUT2D eigenvalue weighted by Gasteiger charge is -2.27. The van der Waals surface area contributed by atoms with Crippen LogP contribution in [0, 0.1) is 0 Å². The molecule has 128 valence electrons. The van der Waals surface area contributed by atoms with Crippen molar-refractivity contribution in [3.8, 4) is 5.75 Å². The summed E-state index contributed by atoms with van der Waals surface area (Å²) in [6.45, 7) is 10.5. The van der Waals surface area contributed by atoms with Gasteiger partial charge in [0.15, 0.2) is 0 Å². The molecule has 1 heterocycles. The molecule has 1 amide bonds. The molecule has 3 N–H and O–H groups in total. The normalized spacial score (nSPS) is 16.1. The summed E-state index contributed by atoms with van der Waals surface area (Å²) in [6, 6.07) is 5.21. The Morgan fingerprint density at radius 1 is 1.35 bits per heavy atom. The number of carbonyl (C=O) groups is 1. The van der Waals surface area contributed by atoms with Gasteiger partial charge in [-0.25, -0.2) is 4.79 Å². The molecule has 0 bridgehead atoms. The van der Waals surface area contributed by atoms with Gasteiger partial charge < -0.3 is 20.1 Å². The van der Waals surface area contributed by atoms with Crippen LogP contribution in [0.1, 0.15) is 26.3 Å². The molecule has 1 aliphatic rings. The molecule has 0 unspecified atom stereocenters. The van der Waals surface area contributed by atoms with E-state index in [-0.39, 0.29) is 5.75 Å². The molecule has 2 rings (SSSR count). The van der Waals surface area contributed by atoms with Gasteiger partial charge in [-0.15, -0.1) is 0 Å².